The molecule has 8 amide bonds. The predicted octanol–water partition coefficient (Wildman–Crippen LogP) is 3.46. The molecule has 2 aromatic heterocycles. The van der Waals surface area contributed by atoms with Crippen LogP contribution in [0.1, 0.15) is 94.6 Å². The van der Waals surface area contributed by atoms with Gasteiger partial charge >= 0.3 is 6.03 Å². The number of fused-ring (bicyclic) bond motifs is 6. The lowest BCUT2D eigenvalue weighted by molar-refractivity contribution is -0.152. The lowest BCUT2D eigenvalue weighted by atomic mass is 9.82. The Morgan fingerprint density at radius 2 is 1.39 bits per heavy atom. The standard InChI is InChI=1S/C52H68N10O8/c1-70-26-24-55-51(69)54-23-21-40-48(66)61-25-12-19-44(61)49(67)62-43-18-10-7-15-36(43)37-29-52(37,62)50(68)60-41(27-32-30-56-38-16-8-5-13-34(32)38)46(64)53-22-11-3-2-4-20-45(63)58-42(47(65)59-40)28-33-31-57-39-17-9-6-14-35(33)39/h5-6,8-9,13-14,16-17,30-31,36-37,40-44,56-57H,2-4,7,10-12,15,18-29H2,1H3,(H,53,64)(H,58,63)(H,59,65)(H,60,68)(H2,54,55,69)/t36-,37?,40-,41-,42-,43-,44+,52?/m0/s1. The molecule has 0 radical (unpaired) electrons. The van der Waals surface area contributed by atoms with E-state index in [0.29, 0.717) is 51.7 Å². The van der Waals surface area contributed by atoms with Gasteiger partial charge in [0.05, 0.1) is 6.61 Å². The van der Waals surface area contributed by atoms with Gasteiger partial charge in [0.2, 0.25) is 35.4 Å². The number of hydrogen-bond acceptors (Lipinski definition) is 8. The highest BCUT2D eigenvalue weighted by molar-refractivity contribution is 6.01. The summed E-state index contributed by atoms with van der Waals surface area (Å²) in [6.45, 7) is 1.21. The minimum absolute atomic E-state index is 0.00382. The molecule has 8 N–H and O–H groups in total. The van der Waals surface area contributed by atoms with E-state index in [4.69, 9.17) is 4.74 Å². The molecule has 8 atom stereocenters. The van der Waals surface area contributed by atoms with Crippen LogP contribution >= 0.6 is 0 Å². The summed E-state index contributed by atoms with van der Waals surface area (Å²) in [7, 11) is 1.53. The third kappa shape index (κ3) is 10.2. The summed E-state index contributed by atoms with van der Waals surface area (Å²) in [5, 5.41) is 19.5. The molecule has 9 rings (SSSR count). The Balaban J connectivity index is 1.02. The highest BCUT2D eigenvalue weighted by Gasteiger charge is 2.75. The van der Waals surface area contributed by atoms with Gasteiger partial charge in [0, 0.05) is 92.8 Å². The van der Waals surface area contributed by atoms with E-state index in [1.165, 1.54) is 7.11 Å². The number of urea groups is 1. The fourth-order valence-corrected chi connectivity index (χ4v) is 12.0. The van der Waals surface area contributed by atoms with E-state index in [-0.39, 0.29) is 86.8 Å². The topological polar surface area (TPSA) is 239 Å². The Morgan fingerprint density at radius 3 is 2.11 bits per heavy atom. The van der Waals surface area contributed by atoms with Crippen molar-refractivity contribution in [1.82, 2.24) is 51.7 Å². The van der Waals surface area contributed by atoms with E-state index in [2.05, 4.69) is 41.9 Å². The predicted molar refractivity (Wildman–Crippen MR) is 262 cm³/mol. The van der Waals surface area contributed by atoms with E-state index in [1.54, 1.807) is 4.90 Å². The molecule has 2 aliphatic carbocycles. The van der Waals surface area contributed by atoms with E-state index >= 15 is 14.4 Å². The van der Waals surface area contributed by atoms with Gasteiger partial charge < -0.3 is 56.4 Å². The maximum absolute atomic E-state index is 15.4. The largest absolute Gasteiger partial charge is 0.383 e. The number of amides is 8. The van der Waals surface area contributed by atoms with Crippen molar-refractivity contribution in [3.05, 3.63) is 72.1 Å². The molecule has 5 aliphatic rings. The number of carbonyl (C=O) groups excluding carboxylic acids is 7. The van der Waals surface area contributed by atoms with Gasteiger partial charge in [0.25, 0.3) is 0 Å². The molecular formula is C52H68N10O8. The fourth-order valence-electron chi connectivity index (χ4n) is 12.0. The van der Waals surface area contributed by atoms with Gasteiger partial charge in [-0.1, -0.05) is 62.1 Å². The first-order valence-corrected chi connectivity index (χ1v) is 25.5. The molecular weight excluding hydrogens is 893 g/mol. The summed E-state index contributed by atoms with van der Waals surface area (Å²) in [6.07, 6.45) is 11.8. The third-order valence-corrected chi connectivity index (χ3v) is 15.5. The lowest BCUT2D eigenvalue weighted by Crippen LogP contribution is -2.62. The first-order valence-electron chi connectivity index (χ1n) is 25.5. The van der Waals surface area contributed by atoms with Crippen LogP contribution < -0.4 is 31.9 Å². The molecule has 5 heterocycles. The van der Waals surface area contributed by atoms with Crippen molar-refractivity contribution in [3.8, 4) is 0 Å². The second-order valence-electron chi connectivity index (χ2n) is 19.9. The monoisotopic (exact) mass is 961 g/mol. The van der Waals surface area contributed by atoms with Crippen LogP contribution in [0, 0.1) is 11.8 Å². The number of H-pyrrole nitrogens is 2. The van der Waals surface area contributed by atoms with E-state index in [9.17, 15) is 19.2 Å². The minimum atomic E-state index is -1.18. The first kappa shape index (κ1) is 48.6. The van der Waals surface area contributed by atoms with Crippen LogP contribution in [0.5, 0.6) is 0 Å². The quantitative estimate of drug-likeness (QED) is 0.109. The normalized spacial score (nSPS) is 28.2. The maximum atomic E-state index is 15.4. The molecule has 3 aliphatic heterocycles. The summed E-state index contributed by atoms with van der Waals surface area (Å²) in [4.78, 5) is 111. The van der Waals surface area contributed by atoms with E-state index in [0.717, 1.165) is 65.0 Å². The Hall–Kier alpha value is -6.43. The number of para-hydroxylation sites is 2. The molecule has 2 unspecified atom stereocenters. The number of methoxy groups -OCH3 is 1. The zero-order chi connectivity index (χ0) is 48.8. The number of hydrogen-bond donors (Lipinski definition) is 8. The third-order valence-electron chi connectivity index (χ3n) is 15.5. The molecule has 18 heteroatoms. The number of rotatable bonds is 10. The van der Waals surface area contributed by atoms with Crippen molar-refractivity contribution in [2.45, 2.75) is 132 Å². The van der Waals surface area contributed by atoms with Crippen LogP contribution in [0.2, 0.25) is 0 Å². The second-order valence-corrected chi connectivity index (χ2v) is 19.9. The number of piperidine rings is 1. The number of nitrogens with one attached hydrogen (secondary N) is 8. The number of nitrogens with zero attached hydrogens (tertiary/aromatic N) is 2. The first-order chi connectivity index (χ1) is 34.1. The maximum Gasteiger partial charge on any atom is 0.314 e. The molecule has 18 nitrogen and oxygen atoms in total. The smallest absolute Gasteiger partial charge is 0.314 e. The van der Waals surface area contributed by atoms with Gasteiger partial charge in [-0.15, -0.1) is 0 Å². The molecule has 2 saturated carbocycles. The molecule has 70 heavy (non-hydrogen) atoms. The molecule has 374 valence electrons. The summed E-state index contributed by atoms with van der Waals surface area (Å²) in [5.74, 6) is -2.27. The highest BCUT2D eigenvalue weighted by Crippen LogP contribution is 2.64. The van der Waals surface area contributed by atoms with Crippen molar-refractivity contribution in [2.24, 2.45) is 11.8 Å². The minimum Gasteiger partial charge on any atom is -0.383 e. The zero-order valence-corrected chi connectivity index (χ0v) is 40.1. The summed E-state index contributed by atoms with van der Waals surface area (Å²) < 4.78 is 5.05. The zero-order valence-electron chi connectivity index (χ0n) is 40.1. The summed E-state index contributed by atoms with van der Waals surface area (Å²) >= 11 is 0. The van der Waals surface area contributed by atoms with E-state index < -0.39 is 47.6 Å². The van der Waals surface area contributed by atoms with Crippen molar-refractivity contribution in [2.75, 3.05) is 39.9 Å². The average Bonchev–Trinajstić information content (AvgIpc) is 3.77. The van der Waals surface area contributed by atoms with Gasteiger partial charge in [-0.05, 0) is 86.5 Å². The Labute approximate surface area is 407 Å². The Bertz CT molecular complexity index is 2580. The van der Waals surface area contributed by atoms with Gasteiger partial charge in [0.1, 0.15) is 29.7 Å². The van der Waals surface area contributed by atoms with Crippen LogP contribution in [0.4, 0.5) is 4.79 Å². The number of aromatic amines is 2. The van der Waals surface area contributed by atoms with Gasteiger partial charge in [-0.3, -0.25) is 28.8 Å². The fraction of sp³-hybridized carbons (Fsp3) is 0.558. The number of ether oxygens (including phenoxy) is 1. The molecule has 3 saturated heterocycles. The average molecular weight is 961 g/mol. The summed E-state index contributed by atoms with van der Waals surface area (Å²) in [5.41, 5.74) is 2.33. The van der Waals surface area contributed by atoms with Crippen LogP contribution in [0.15, 0.2) is 60.9 Å². The highest BCUT2D eigenvalue weighted by atomic mass is 16.5. The van der Waals surface area contributed by atoms with Crippen LogP contribution in [0.3, 0.4) is 0 Å². The second kappa shape index (κ2) is 21.7. The summed E-state index contributed by atoms with van der Waals surface area (Å²) in [6, 6.07) is 10.8. The van der Waals surface area contributed by atoms with Crippen molar-refractivity contribution in [1.29, 1.82) is 0 Å². The molecule has 0 bridgehead atoms. The molecule has 5 fully saturated rings. The van der Waals surface area contributed by atoms with Crippen LogP contribution in [-0.2, 0) is 46.3 Å². The Morgan fingerprint density at radius 1 is 0.714 bits per heavy atom. The van der Waals surface area contributed by atoms with Gasteiger partial charge in [-0.2, -0.15) is 0 Å². The lowest BCUT2D eigenvalue weighted by Gasteiger charge is -2.41. The van der Waals surface area contributed by atoms with Gasteiger partial charge in [-0.25, -0.2) is 4.79 Å². The SMILES string of the molecule is COCCNC(=O)NCC[C@@H]1NC(=O)[C@H](Cc2c[nH]c3ccccc23)NC(=O)CCCCCCNC(=O)[C@H](Cc2c[nH]c3ccccc23)NC(=O)C23CC2[C@@H]2CCCC[C@@H]2N3C(=O)[C@H]2CCCN2C1=O. The number of carbonyl (C=O) groups is 7. The molecule has 4 aromatic rings. The molecule has 2 aromatic carbocycles. The van der Waals surface area contributed by atoms with Crippen LogP contribution in [0.25, 0.3) is 21.8 Å². The molecule has 1 spiro atoms. The van der Waals surface area contributed by atoms with Gasteiger partial charge in [0.15, 0.2) is 0 Å². The van der Waals surface area contributed by atoms with Crippen molar-refractivity contribution >= 4 is 63.3 Å². The van der Waals surface area contributed by atoms with Crippen molar-refractivity contribution in [3.63, 3.8) is 0 Å². The number of aromatic nitrogens is 2. The van der Waals surface area contributed by atoms with Crippen LogP contribution in [-0.4, -0.2) is 137 Å². The Kier molecular flexibility index (Phi) is 15.1. The van der Waals surface area contributed by atoms with E-state index in [1.807, 2.05) is 65.8 Å². The van der Waals surface area contributed by atoms with Crippen molar-refractivity contribution < 1.29 is 38.3 Å². The number of benzene rings is 2.